The Balaban J connectivity index is 1.63. The van der Waals surface area contributed by atoms with Crippen LogP contribution >= 0.6 is 12.2 Å². The molecular formula is C26H22N4O3S. The van der Waals surface area contributed by atoms with Gasteiger partial charge in [0.25, 0.3) is 5.69 Å². The molecule has 2 unspecified atom stereocenters. The Bertz CT molecular complexity index is 1390. The van der Waals surface area contributed by atoms with Gasteiger partial charge in [-0.2, -0.15) is 0 Å². The second-order valence-electron chi connectivity index (χ2n) is 8.24. The van der Waals surface area contributed by atoms with Crippen LogP contribution in [0, 0.1) is 24.0 Å². The largest absolute Gasteiger partial charge is 0.459 e. The maximum Gasteiger partial charge on any atom is 0.280 e. The van der Waals surface area contributed by atoms with Crippen LogP contribution in [0.25, 0.3) is 11.3 Å². The highest BCUT2D eigenvalue weighted by Gasteiger charge is 2.42. The summed E-state index contributed by atoms with van der Waals surface area (Å²) in [4.78, 5) is 17.7. The number of anilines is 1. The molecule has 1 aliphatic heterocycles. The first-order valence-corrected chi connectivity index (χ1v) is 11.3. The lowest BCUT2D eigenvalue weighted by atomic mass is 10.0. The summed E-state index contributed by atoms with van der Waals surface area (Å²) in [5.74, 6) is 1.06. The van der Waals surface area contributed by atoms with E-state index in [2.05, 4.69) is 36.3 Å². The predicted molar refractivity (Wildman–Crippen MR) is 135 cm³/mol. The molecule has 3 heterocycles. The standard InChI is InChI=1S/C26H22N4O3S/c1-16-10-11-18(15-17(16)2)29-25(24(28-26(29)34)20-8-5-6-14-27-20)23-13-12-22(33-23)19-7-3-4-9-21(19)30(31)32/h3-15,24-25H,1-2H3,(H,28,34). The van der Waals surface area contributed by atoms with E-state index in [0.29, 0.717) is 22.2 Å². The van der Waals surface area contributed by atoms with Gasteiger partial charge in [0.2, 0.25) is 0 Å². The Morgan fingerprint density at radius 2 is 1.82 bits per heavy atom. The molecule has 0 radical (unpaired) electrons. The number of rotatable bonds is 5. The average molecular weight is 471 g/mol. The summed E-state index contributed by atoms with van der Waals surface area (Å²) in [6.07, 6.45) is 1.75. The van der Waals surface area contributed by atoms with Crippen molar-refractivity contribution in [2.45, 2.75) is 25.9 Å². The maximum atomic E-state index is 11.6. The molecule has 2 aromatic carbocycles. The second kappa shape index (κ2) is 8.72. The van der Waals surface area contributed by atoms with E-state index in [1.807, 2.05) is 35.2 Å². The fourth-order valence-electron chi connectivity index (χ4n) is 4.30. The molecule has 0 bridgehead atoms. The number of nitrogens with one attached hydrogen (secondary N) is 1. The van der Waals surface area contributed by atoms with Crippen molar-refractivity contribution in [2.24, 2.45) is 0 Å². The minimum absolute atomic E-state index is 0.00393. The zero-order chi connectivity index (χ0) is 23.8. The Kier molecular flexibility index (Phi) is 5.59. The molecule has 2 atom stereocenters. The van der Waals surface area contributed by atoms with Crippen molar-refractivity contribution in [1.82, 2.24) is 10.3 Å². The van der Waals surface area contributed by atoms with Gasteiger partial charge in [-0.3, -0.25) is 15.1 Å². The highest BCUT2D eigenvalue weighted by Crippen LogP contribution is 2.43. The van der Waals surface area contributed by atoms with E-state index >= 15 is 0 Å². The lowest BCUT2D eigenvalue weighted by molar-refractivity contribution is -0.384. The van der Waals surface area contributed by atoms with Crippen LogP contribution in [0.2, 0.25) is 0 Å². The summed E-state index contributed by atoms with van der Waals surface area (Å²) < 4.78 is 6.28. The van der Waals surface area contributed by atoms with Gasteiger partial charge in [0, 0.05) is 18.0 Å². The molecule has 2 aromatic heterocycles. The van der Waals surface area contributed by atoms with E-state index < -0.39 is 4.92 Å². The number of aryl methyl sites for hydroxylation is 2. The summed E-state index contributed by atoms with van der Waals surface area (Å²) in [5, 5.41) is 15.5. The zero-order valence-corrected chi connectivity index (χ0v) is 19.5. The number of furan rings is 1. The number of benzene rings is 2. The van der Waals surface area contributed by atoms with Gasteiger partial charge in [-0.1, -0.05) is 24.3 Å². The van der Waals surface area contributed by atoms with Crippen LogP contribution < -0.4 is 10.2 Å². The Morgan fingerprint density at radius 3 is 2.56 bits per heavy atom. The fourth-order valence-corrected chi connectivity index (χ4v) is 4.64. The van der Waals surface area contributed by atoms with E-state index in [4.69, 9.17) is 16.6 Å². The van der Waals surface area contributed by atoms with Gasteiger partial charge < -0.3 is 14.6 Å². The number of hydrogen-bond acceptors (Lipinski definition) is 5. The highest BCUT2D eigenvalue weighted by atomic mass is 32.1. The number of hydrogen-bond donors (Lipinski definition) is 1. The molecular weight excluding hydrogens is 448 g/mol. The second-order valence-corrected chi connectivity index (χ2v) is 8.63. The Labute approximate surface area is 202 Å². The van der Waals surface area contributed by atoms with Gasteiger partial charge in [-0.05, 0) is 79.7 Å². The SMILES string of the molecule is Cc1ccc(N2C(=S)NC(c3ccccn3)C2c2ccc(-c3ccccc3[N+](=O)[O-])o2)cc1C. The third-order valence-corrected chi connectivity index (χ3v) is 6.47. The van der Waals surface area contributed by atoms with Crippen LogP contribution in [0.1, 0.15) is 34.7 Å². The van der Waals surface area contributed by atoms with Gasteiger partial charge in [0.1, 0.15) is 17.6 Å². The minimum Gasteiger partial charge on any atom is -0.459 e. The third kappa shape index (κ3) is 3.82. The molecule has 0 spiro atoms. The monoisotopic (exact) mass is 470 g/mol. The van der Waals surface area contributed by atoms with Crippen LogP contribution in [0.4, 0.5) is 11.4 Å². The normalized spacial score (nSPS) is 17.6. The quantitative estimate of drug-likeness (QED) is 0.216. The summed E-state index contributed by atoms with van der Waals surface area (Å²) in [6.45, 7) is 4.13. The van der Waals surface area contributed by atoms with Gasteiger partial charge in [-0.15, -0.1) is 0 Å². The number of para-hydroxylation sites is 1. The van der Waals surface area contributed by atoms with Crippen LogP contribution in [0.15, 0.2) is 83.4 Å². The van der Waals surface area contributed by atoms with Gasteiger partial charge in [-0.25, -0.2) is 0 Å². The van der Waals surface area contributed by atoms with Crippen molar-refractivity contribution >= 4 is 28.7 Å². The van der Waals surface area contributed by atoms with Crippen molar-refractivity contribution in [3.63, 3.8) is 0 Å². The zero-order valence-electron chi connectivity index (χ0n) is 18.6. The van der Waals surface area contributed by atoms with E-state index in [0.717, 1.165) is 16.9 Å². The molecule has 34 heavy (non-hydrogen) atoms. The molecule has 7 nitrogen and oxygen atoms in total. The molecule has 1 fully saturated rings. The lowest BCUT2D eigenvalue weighted by Gasteiger charge is -2.26. The fraction of sp³-hybridized carbons (Fsp3) is 0.154. The first kappa shape index (κ1) is 21.8. The van der Waals surface area contributed by atoms with Crippen molar-refractivity contribution < 1.29 is 9.34 Å². The number of nitro groups is 1. The summed E-state index contributed by atoms with van der Waals surface area (Å²) in [7, 11) is 0. The number of pyridine rings is 1. The summed E-state index contributed by atoms with van der Waals surface area (Å²) >= 11 is 5.76. The molecule has 5 rings (SSSR count). The number of nitro benzene ring substituents is 1. The van der Waals surface area contributed by atoms with E-state index in [1.165, 1.54) is 11.6 Å². The minimum atomic E-state index is -0.401. The van der Waals surface area contributed by atoms with Crippen LogP contribution in [0.3, 0.4) is 0 Å². The Morgan fingerprint density at radius 1 is 1.03 bits per heavy atom. The van der Waals surface area contributed by atoms with Crippen molar-refractivity contribution in [2.75, 3.05) is 4.90 Å². The number of thiocarbonyl (C=S) groups is 1. The van der Waals surface area contributed by atoms with Gasteiger partial charge in [0.05, 0.1) is 22.2 Å². The van der Waals surface area contributed by atoms with Gasteiger partial charge in [0.15, 0.2) is 5.11 Å². The molecule has 4 aromatic rings. The van der Waals surface area contributed by atoms with Crippen molar-refractivity contribution in [3.05, 3.63) is 112 Å². The molecule has 1 aliphatic rings. The van der Waals surface area contributed by atoms with E-state index in [-0.39, 0.29) is 17.8 Å². The summed E-state index contributed by atoms with van der Waals surface area (Å²) in [6, 6.07) is 21.6. The van der Waals surface area contributed by atoms with Gasteiger partial charge >= 0.3 is 0 Å². The molecule has 0 aliphatic carbocycles. The smallest absolute Gasteiger partial charge is 0.280 e. The summed E-state index contributed by atoms with van der Waals surface area (Å²) in [5.41, 5.74) is 4.53. The lowest BCUT2D eigenvalue weighted by Crippen LogP contribution is -2.29. The third-order valence-electron chi connectivity index (χ3n) is 6.15. The first-order valence-electron chi connectivity index (χ1n) is 10.9. The van der Waals surface area contributed by atoms with Crippen molar-refractivity contribution in [3.8, 4) is 11.3 Å². The number of aromatic nitrogens is 1. The maximum absolute atomic E-state index is 11.6. The average Bonchev–Trinajstić information content (AvgIpc) is 3.46. The van der Waals surface area contributed by atoms with E-state index in [9.17, 15) is 10.1 Å². The van der Waals surface area contributed by atoms with Crippen LogP contribution in [-0.4, -0.2) is 15.0 Å². The molecule has 1 saturated heterocycles. The molecule has 170 valence electrons. The van der Waals surface area contributed by atoms with Crippen LogP contribution in [0.5, 0.6) is 0 Å². The molecule has 0 saturated carbocycles. The highest BCUT2D eigenvalue weighted by molar-refractivity contribution is 7.80. The molecule has 1 N–H and O–H groups in total. The first-order chi connectivity index (χ1) is 16.4. The predicted octanol–water partition coefficient (Wildman–Crippen LogP) is 6.04. The Hall–Kier alpha value is -4.04. The molecule has 8 heteroatoms. The van der Waals surface area contributed by atoms with Crippen molar-refractivity contribution in [1.29, 1.82) is 0 Å². The van der Waals surface area contributed by atoms with Crippen LogP contribution in [-0.2, 0) is 0 Å². The number of nitrogens with zero attached hydrogens (tertiary/aromatic N) is 3. The van der Waals surface area contributed by atoms with E-state index in [1.54, 1.807) is 30.5 Å². The molecule has 0 amide bonds. The topological polar surface area (TPSA) is 84.4 Å².